The van der Waals surface area contributed by atoms with Crippen molar-refractivity contribution in [2.45, 2.75) is 52.4 Å². The van der Waals surface area contributed by atoms with Gasteiger partial charge in [0, 0.05) is 0 Å². The largest absolute Gasteiger partial charge is 0.494 e. The van der Waals surface area contributed by atoms with E-state index in [0.29, 0.717) is 0 Å². The minimum absolute atomic E-state index is 0. The first-order chi connectivity index (χ1) is 8.86. The van der Waals surface area contributed by atoms with E-state index in [1.807, 2.05) is 24.3 Å². The van der Waals surface area contributed by atoms with E-state index in [-0.39, 0.29) is 6.15 Å². The summed E-state index contributed by atoms with van der Waals surface area (Å²) < 4.78 is 11.3. The fourth-order valence-corrected chi connectivity index (χ4v) is 1.72. The van der Waals surface area contributed by atoms with Crippen LogP contribution in [0.25, 0.3) is 0 Å². The van der Waals surface area contributed by atoms with Gasteiger partial charge in [-0.25, -0.2) is 0 Å². The van der Waals surface area contributed by atoms with Gasteiger partial charge in [0.1, 0.15) is 11.5 Å². The van der Waals surface area contributed by atoms with Crippen LogP contribution in [0, 0.1) is 0 Å². The van der Waals surface area contributed by atoms with E-state index < -0.39 is 0 Å². The van der Waals surface area contributed by atoms with Crippen LogP contribution in [-0.2, 0) is 0 Å². The Morgan fingerprint density at radius 3 is 1.37 bits per heavy atom. The highest BCUT2D eigenvalue weighted by atomic mass is 16.5. The third-order valence-electron chi connectivity index (χ3n) is 2.86. The van der Waals surface area contributed by atoms with Crippen LogP contribution in [0.3, 0.4) is 0 Å². The molecule has 0 fully saturated rings. The van der Waals surface area contributed by atoms with Crippen molar-refractivity contribution in [3.8, 4) is 11.5 Å². The number of hydrogen-bond donors (Lipinski definition) is 1. The molecule has 0 spiro atoms. The molecule has 0 aliphatic rings. The molecule has 110 valence electrons. The Balaban J connectivity index is 0.00000324. The van der Waals surface area contributed by atoms with Crippen LogP contribution in [0.15, 0.2) is 24.3 Å². The van der Waals surface area contributed by atoms with Crippen LogP contribution in [0.5, 0.6) is 11.5 Å². The maximum absolute atomic E-state index is 5.65. The fourth-order valence-electron chi connectivity index (χ4n) is 1.72. The molecule has 0 amide bonds. The van der Waals surface area contributed by atoms with Crippen molar-refractivity contribution in [2.75, 3.05) is 13.2 Å². The SMILES string of the molecule is CCCCCOc1ccc(OCCCCC)cc1.N. The Hall–Kier alpha value is -1.22. The van der Waals surface area contributed by atoms with Gasteiger partial charge < -0.3 is 15.6 Å². The first-order valence-corrected chi connectivity index (χ1v) is 7.22. The van der Waals surface area contributed by atoms with E-state index in [4.69, 9.17) is 9.47 Å². The summed E-state index contributed by atoms with van der Waals surface area (Å²) in [5, 5.41) is 0. The highest BCUT2D eigenvalue weighted by molar-refractivity contribution is 5.31. The Labute approximate surface area is 117 Å². The molecule has 0 saturated carbocycles. The second-order valence-electron chi connectivity index (χ2n) is 4.58. The standard InChI is InChI=1S/C16H26O2.H3N/c1-3-5-7-13-17-15-9-11-16(12-10-15)18-14-8-6-4-2;/h9-12H,3-8,13-14H2,1-2H3;1H3. The Kier molecular flexibility index (Phi) is 11.1. The van der Waals surface area contributed by atoms with Gasteiger partial charge in [0.15, 0.2) is 0 Å². The Bertz CT molecular complexity index is 267. The molecule has 3 nitrogen and oxygen atoms in total. The van der Waals surface area contributed by atoms with Crippen molar-refractivity contribution in [1.82, 2.24) is 6.15 Å². The van der Waals surface area contributed by atoms with Crippen molar-refractivity contribution >= 4 is 0 Å². The minimum Gasteiger partial charge on any atom is -0.494 e. The smallest absolute Gasteiger partial charge is 0.119 e. The third kappa shape index (κ3) is 8.49. The molecule has 0 unspecified atom stereocenters. The molecule has 1 aromatic carbocycles. The predicted octanol–water partition coefficient (Wildman–Crippen LogP) is 4.99. The molecular formula is C16H29NO2. The zero-order valence-electron chi connectivity index (χ0n) is 12.5. The summed E-state index contributed by atoms with van der Waals surface area (Å²) in [6.07, 6.45) is 7.19. The van der Waals surface area contributed by atoms with Gasteiger partial charge in [-0.2, -0.15) is 0 Å². The molecule has 0 saturated heterocycles. The number of ether oxygens (including phenoxy) is 2. The zero-order chi connectivity index (χ0) is 13.1. The summed E-state index contributed by atoms with van der Waals surface area (Å²) in [6, 6.07) is 7.95. The summed E-state index contributed by atoms with van der Waals surface area (Å²) in [5.41, 5.74) is 0. The maximum atomic E-state index is 5.65. The third-order valence-corrected chi connectivity index (χ3v) is 2.86. The van der Waals surface area contributed by atoms with Gasteiger partial charge in [0.05, 0.1) is 13.2 Å². The van der Waals surface area contributed by atoms with Crippen LogP contribution in [0.2, 0.25) is 0 Å². The Morgan fingerprint density at radius 2 is 1.05 bits per heavy atom. The molecule has 1 aromatic rings. The van der Waals surface area contributed by atoms with Crippen molar-refractivity contribution < 1.29 is 9.47 Å². The molecule has 1 rings (SSSR count). The van der Waals surface area contributed by atoms with Gasteiger partial charge in [-0.1, -0.05) is 39.5 Å². The Morgan fingerprint density at radius 1 is 0.684 bits per heavy atom. The molecule has 0 aromatic heterocycles. The second-order valence-corrected chi connectivity index (χ2v) is 4.58. The fraction of sp³-hybridized carbons (Fsp3) is 0.625. The maximum Gasteiger partial charge on any atom is 0.119 e. The summed E-state index contributed by atoms with van der Waals surface area (Å²) >= 11 is 0. The summed E-state index contributed by atoms with van der Waals surface area (Å²) in [4.78, 5) is 0. The van der Waals surface area contributed by atoms with E-state index >= 15 is 0 Å². The van der Waals surface area contributed by atoms with Gasteiger partial charge in [-0.05, 0) is 37.1 Å². The van der Waals surface area contributed by atoms with Crippen LogP contribution in [0.4, 0.5) is 0 Å². The van der Waals surface area contributed by atoms with E-state index in [0.717, 1.165) is 37.6 Å². The summed E-state index contributed by atoms with van der Waals surface area (Å²) in [6.45, 7) is 6.02. The number of hydrogen-bond acceptors (Lipinski definition) is 3. The summed E-state index contributed by atoms with van der Waals surface area (Å²) in [7, 11) is 0. The topological polar surface area (TPSA) is 53.5 Å². The molecule has 0 aliphatic carbocycles. The lowest BCUT2D eigenvalue weighted by molar-refractivity contribution is 0.298. The number of benzene rings is 1. The van der Waals surface area contributed by atoms with Crippen molar-refractivity contribution in [2.24, 2.45) is 0 Å². The lowest BCUT2D eigenvalue weighted by Crippen LogP contribution is -1.98. The molecule has 0 radical (unpaired) electrons. The average Bonchev–Trinajstić information content (AvgIpc) is 2.41. The van der Waals surface area contributed by atoms with E-state index in [1.165, 1.54) is 25.7 Å². The monoisotopic (exact) mass is 267 g/mol. The molecule has 0 aliphatic heterocycles. The van der Waals surface area contributed by atoms with Crippen molar-refractivity contribution in [3.05, 3.63) is 24.3 Å². The van der Waals surface area contributed by atoms with Gasteiger partial charge in [0.2, 0.25) is 0 Å². The second kappa shape index (κ2) is 11.8. The molecule has 0 bridgehead atoms. The highest BCUT2D eigenvalue weighted by Gasteiger charge is 1.96. The average molecular weight is 267 g/mol. The highest BCUT2D eigenvalue weighted by Crippen LogP contribution is 2.18. The van der Waals surface area contributed by atoms with Gasteiger partial charge in [-0.15, -0.1) is 0 Å². The van der Waals surface area contributed by atoms with Gasteiger partial charge in [0.25, 0.3) is 0 Å². The lowest BCUT2D eigenvalue weighted by Gasteiger charge is -2.08. The molecule has 0 atom stereocenters. The summed E-state index contributed by atoms with van der Waals surface area (Å²) in [5.74, 6) is 1.87. The van der Waals surface area contributed by atoms with Gasteiger partial charge >= 0.3 is 0 Å². The first kappa shape index (κ1) is 17.8. The van der Waals surface area contributed by atoms with Crippen LogP contribution >= 0.6 is 0 Å². The normalized spacial score (nSPS) is 9.79. The molecule has 0 heterocycles. The molecule has 3 heteroatoms. The van der Waals surface area contributed by atoms with E-state index in [9.17, 15) is 0 Å². The number of unbranched alkanes of at least 4 members (excludes halogenated alkanes) is 4. The quantitative estimate of drug-likeness (QED) is 0.608. The zero-order valence-corrected chi connectivity index (χ0v) is 12.5. The molecular weight excluding hydrogens is 238 g/mol. The van der Waals surface area contributed by atoms with Crippen LogP contribution in [0.1, 0.15) is 52.4 Å². The lowest BCUT2D eigenvalue weighted by atomic mass is 10.2. The van der Waals surface area contributed by atoms with Gasteiger partial charge in [-0.3, -0.25) is 0 Å². The van der Waals surface area contributed by atoms with E-state index in [2.05, 4.69) is 13.8 Å². The molecule has 3 N–H and O–H groups in total. The van der Waals surface area contributed by atoms with Crippen LogP contribution in [-0.4, -0.2) is 13.2 Å². The predicted molar refractivity (Wildman–Crippen MR) is 81.5 cm³/mol. The first-order valence-electron chi connectivity index (χ1n) is 7.22. The van der Waals surface area contributed by atoms with E-state index in [1.54, 1.807) is 0 Å². The van der Waals surface area contributed by atoms with Crippen molar-refractivity contribution in [1.29, 1.82) is 0 Å². The minimum atomic E-state index is 0. The molecule has 19 heavy (non-hydrogen) atoms. The van der Waals surface area contributed by atoms with Crippen molar-refractivity contribution in [3.63, 3.8) is 0 Å². The van der Waals surface area contributed by atoms with Crippen LogP contribution < -0.4 is 15.6 Å². The number of rotatable bonds is 10.